The van der Waals surface area contributed by atoms with Gasteiger partial charge in [-0.15, -0.1) is 0 Å². The first-order chi connectivity index (χ1) is 14.3. The minimum atomic E-state index is -0.718. The summed E-state index contributed by atoms with van der Waals surface area (Å²) < 4.78 is 29.8. The van der Waals surface area contributed by atoms with Crippen LogP contribution < -0.4 is 0 Å². The van der Waals surface area contributed by atoms with Crippen LogP contribution in [0.2, 0.25) is 0 Å². The molecule has 8 heteroatoms. The predicted molar refractivity (Wildman–Crippen MR) is 106 cm³/mol. The van der Waals surface area contributed by atoms with E-state index < -0.39 is 12.1 Å². The molecule has 7 nitrogen and oxygen atoms in total. The molecule has 0 fully saturated rings. The number of aryl methyl sites for hydroxylation is 1. The second-order valence-corrected chi connectivity index (χ2v) is 7.31. The molecule has 0 aliphatic heterocycles. The summed E-state index contributed by atoms with van der Waals surface area (Å²) in [6.07, 6.45) is -0.718. The Labute approximate surface area is 171 Å². The van der Waals surface area contributed by atoms with Crippen molar-refractivity contribution in [3.8, 4) is 11.1 Å². The maximum absolute atomic E-state index is 13.4. The van der Waals surface area contributed by atoms with Crippen LogP contribution in [-0.4, -0.2) is 21.1 Å². The van der Waals surface area contributed by atoms with Gasteiger partial charge in [0.15, 0.2) is 23.4 Å². The second-order valence-electron chi connectivity index (χ2n) is 7.31. The molecule has 4 aromatic rings. The summed E-state index contributed by atoms with van der Waals surface area (Å²) in [6.45, 7) is 7.26. The molecule has 0 bridgehead atoms. The molecule has 0 saturated carbocycles. The van der Waals surface area contributed by atoms with Gasteiger partial charge >= 0.3 is 5.97 Å². The average Bonchev–Trinajstić information content (AvgIpc) is 3.34. The van der Waals surface area contributed by atoms with Crippen molar-refractivity contribution in [1.29, 1.82) is 0 Å². The number of hydrogen-bond acceptors (Lipinski definition) is 7. The fourth-order valence-corrected chi connectivity index (χ4v) is 3.02. The lowest BCUT2D eigenvalue weighted by molar-refractivity contribution is 0.0265. The fourth-order valence-electron chi connectivity index (χ4n) is 3.02. The molecule has 2 aromatic carbocycles. The van der Waals surface area contributed by atoms with Gasteiger partial charge in [0.1, 0.15) is 11.3 Å². The van der Waals surface area contributed by atoms with E-state index >= 15 is 0 Å². The van der Waals surface area contributed by atoms with Crippen LogP contribution in [-0.2, 0) is 4.74 Å². The van der Waals surface area contributed by atoms with Crippen LogP contribution in [0.3, 0.4) is 0 Å². The second kappa shape index (κ2) is 7.70. The molecule has 0 saturated heterocycles. The highest BCUT2D eigenvalue weighted by Crippen LogP contribution is 2.33. The Morgan fingerprint density at radius 2 is 1.80 bits per heavy atom. The molecule has 0 aliphatic carbocycles. The van der Waals surface area contributed by atoms with Gasteiger partial charge in [-0.2, -0.15) is 4.98 Å². The third-order valence-electron chi connectivity index (χ3n) is 4.57. The quantitative estimate of drug-likeness (QED) is 0.409. The molecule has 0 radical (unpaired) electrons. The van der Waals surface area contributed by atoms with Crippen LogP contribution >= 0.6 is 0 Å². The zero-order valence-electron chi connectivity index (χ0n) is 17.0. The van der Waals surface area contributed by atoms with Gasteiger partial charge in [0, 0.05) is 11.5 Å². The lowest BCUT2D eigenvalue weighted by atomic mass is 10.0. The van der Waals surface area contributed by atoms with E-state index in [1.807, 2.05) is 13.8 Å². The van der Waals surface area contributed by atoms with Gasteiger partial charge in [-0.25, -0.2) is 14.2 Å². The Hall–Kier alpha value is -3.55. The van der Waals surface area contributed by atoms with Crippen molar-refractivity contribution in [3.05, 3.63) is 65.4 Å². The normalized spacial score (nSPS) is 12.5. The smallest absolute Gasteiger partial charge is 0.339 e. The first-order valence-electron chi connectivity index (χ1n) is 9.53. The van der Waals surface area contributed by atoms with E-state index in [1.54, 1.807) is 38.1 Å². The van der Waals surface area contributed by atoms with Crippen LogP contribution in [0.15, 0.2) is 45.3 Å². The number of hydrogen-bond donors (Lipinski definition) is 0. The van der Waals surface area contributed by atoms with E-state index in [-0.39, 0.29) is 23.2 Å². The number of ether oxygens (including phenoxy) is 1. The van der Waals surface area contributed by atoms with Crippen molar-refractivity contribution in [3.63, 3.8) is 0 Å². The highest BCUT2D eigenvalue weighted by Gasteiger charge is 2.22. The zero-order valence-corrected chi connectivity index (χ0v) is 17.0. The summed E-state index contributed by atoms with van der Waals surface area (Å²) in [5.41, 5.74) is 2.68. The molecule has 30 heavy (non-hydrogen) atoms. The maximum atomic E-state index is 13.4. The van der Waals surface area contributed by atoms with Crippen molar-refractivity contribution in [1.82, 2.24) is 15.1 Å². The van der Waals surface area contributed by atoms with E-state index in [0.29, 0.717) is 33.9 Å². The first kappa shape index (κ1) is 19.8. The summed E-state index contributed by atoms with van der Waals surface area (Å²) in [7, 11) is 0. The molecule has 0 spiro atoms. The van der Waals surface area contributed by atoms with Crippen molar-refractivity contribution in [2.75, 3.05) is 0 Å². The third kappa shape index (κ3) is 3.80. The van der Waals surface area contributed by atoms with Crippen molar-refractivity contribution >= 4 is 17.1 Å². The summed E-state index contributed by atoms with van der Waals surface area (Å²) >= 11 is 0. The molecule has 2 aromatic heterocycles. The third-order valence-corrected chi connectivity index (χ3v) is 4.57. The number of halogens is 1. The SMILES string of the molecule is Cc1noc(C(C)OC(=O)c2cc(-c3ccc(F)cc3)c3nc(C(C)C)oc3c2)n1. The number of oxazole rings is 1. The van der Waals surface area contributed by atoms with E-state index in [2.05, 4.69) is 15.1 Å². The van der Waals surface area contributed by atoms with Crippen LogP contribution in [0.4, 0.5) is 4.39 Å². The zero-order chi connectivity index (χ0) is 21.4. The first-order valence-corrected chi connectivity index (χ1v) is 9.53. The van der Waals surface area contributed by atoms with Crippen molar-refractivity contribution < 1.29 is 22.9 Å². The largest absolute Gasteiger partial charge is 0.449 e. The number of carbonyl (C=O) groups is 1. The molecule has 4 rings (SSSR count). The Kier molecular flexibility index (Phi) is 5.07. The summed E-state index contributed by atoms with van der Waals surface area (Å²) in [5, 5.41) is 3.71. The minimum Gasteiger partial charge on any atom is -0.449 e. The Morgan fingerprint density at radius 3 is 2.43 bits per heavy atom. The molecule has 1 atom stereocenters. The van der Waals surface area contributed by atoms with Gasteiger partial charge in [-0.1, -0.05) is 31.1 Å². The van der Waals surface area contributed by atoms with E-state index in [0.717, 1.165) is 0 Å². The minimum absolute atomic E-state index is 0.0645. The number of rotatable bonds is 5. The lowest BCUT2D eigenvalue weighted by Crippen LogP contribution is -2.10. The summed E-state index contributed by atoms with van der Waals surface area (Å²) in [6, 6.07) is 9.23. The molecular weight excluding hydrogens is 389 g/mol. The number of benzene rings is 2. The lowest BCUT2D eigenvalue weighted by Gasteiger charge is -2.10. The van der Waals surface area contributed by atoms with Gasteiger partial charge in [0.05, 0.1) is 5.56 Å². The monoisotopic (exact) mass is 409 g/mol. The van der Waals surface area contributed by atoms with Crippen molar-refractivity contribution in [2.45, 2.75) is 39.7 Å². The van der Waals surface area contributed by atoms with Gasteiger partial charge < -0.3 is 13.7 Å². The van der Waals surface area contributed by atoms with E-state index in [1.165, 1.54) is 12.1 Å². The number of carbonyl (C=O) groups excluding carboxylic acids is 1. The Morgan fingerprint density at radius 1 is 1.07 bits per heavy atom. The van der Waals surface area contributed by atoms with Crippen LogP contribution in [0.1, 0.15) is 60.8 Å². The number of aromatic nitrogens is 3. The highest BCUT2D eigenvalue weighted by atomic mass is 19.1. The molecule has 0 N–H and O–H groups in total. The standard InChI is InChI=1S/C22H20FN3O4/c1-11(2)20-25-19-17(14-5-7-16(23)8-6-14)9-15(10-18(19)29-20)22(27)28-12(3)21-24-13(4)26-30-21/h5-12H,1-4H3. The number of fused-ring (bicyclic) bond motifs is 1. The molecular formula is C22H20FN3O4. The summed E-state index contributed by atoms with van der Waals surface area (Å²) in [4.78, 5) is 21.5. The highest BCUT2D eigenvalue weighted by molar-refractivity contribution is 5.99. The average molecular weight is 409 g/mol. The van der Waals surface area contributed by atoms with E-state index in [4.69, 9.17) is 13.7 Å². The maximum Gasteiger partial charge on any atom is 0.339 e. The molecule has 2 heterocycles. The molecule has 0 amide bonds. The number of nitrogens with zero attached hydrogens (tertiary/aromatic N) is 3. The Balaban J connectivity index is 1.76. The predicted octanol–water partition coefficient (Wildman–Crippen LogP) is 5.37. The topological polar surface area (TPSA) is 91.2 Å². The van der Waals surface area contributed by atoms with Crippen LogP contribution in [0.5, 0.6) is 0 Å². The van der Waals surface area contributed by atoms with Crippen LogP contribution in [0.25, 0.3) is 22.2 Å². The number of esters is 1. The van der Waals surface area contributed by atoms with E-state index in [9.17, 15) is 9.18 Å². The fraction of sp³-hybridized carbons (Fsp3) is 0.273. The van der Waals surface area contributed by atoms with Gasteiger partial charge in [-0.3, -0.25) is 0 Å². The molecule has 1 unspecified atom stereocenters. The van der Waals surface area contributed by atoms with Gasteiger partial charge in [0.2, 0.25) is 0 Å². The van der Waals surface area contributed by atoms with Crippen LogP contribution in [0, 0.1) is 12.7 Å². The molecule has 154 valence electrons. The molecule has 0 aliphatic rings. The Bertz CT molecular complexity index is 1210. The van der Waals surface area contributed by atoms with Gasteiger partial charge in [-0.05, 0) is 43.7 Å². The summed E-state index contributed by atoms with van der Waals surface area (Å²) in [5.74, 6) is 0.352. The van der Waals surface area contributed by atoms with Gasteiger partial charge in [0.25, 0.3) is 5.89 Å². The van der Waals surface area contributed by atoms with Crippen molar-refractivity contribution in [2.24, 2.45) is 0 Å².